The molecule has 1 aliphatic rings. The van der Waals surface area contributed by atoms with Gasteiger partial charge in [0.2, 0.25) is 17.6 Å². The smallest absolute Gasteiger partial charge is 0.232 e. The number of nitrogens with zero attached hydrogens (tertiary/aromatic N) is 3. The first-order valence-corrected chi connectivity index (χ1v) is 9.08. The first kappa shape index (κ1) is 18.3. The summed E-state index contributed by atoms with van der Waals surface area (Å²) in [6.07, 6.45) is 0.280. The lowest BCUT2D eigenvalue weighted by Gasteiger charge is -2.20. The van der Waals surface area contributed by atoms with Gasteiger partial charge < -0.3 is 18.9 Å². The fourth-order valence-electron chi connectivity index (χ4n) is 3.23. The van der Waals surface area contributed by atoms with Gasteiger partial charge in [-0.05, 0) is 36.4 Å². The van der Waals surface area contributed by atoms with Crippen LogP contribution in [0.4, 0.5) is 5.69 Å². The molecule has 0 N–H and O–H groups in total. The predicted molar refractivity (Wildman–Crippen MR) is 104 cm³/mol. The Morgan fingerprint density at radius 1 is 1.14 bits per heavy atom. The van der Waals surface area contributed by atoms with E-state index in [0.717, 1.165) is 5.56 Å². The van der Waals surface area contributed by atoms with Gasteiger partial charge >= 0.3 is 0 Å². The summed E-state index contributed by atoms with van der Waals surface area (Å²) in [5.41, 5.74) is 1.46. The van der Waals surface area contributed by atoms with Gasteiger partial charge in [-0.3, -0.25) is 4.79 Å². The van der Waals surface area contributed by atoms with Crippen molar-refractivity contribution in [1.82, 2.24) is 10.1 Å². The molecule has 0 saturated carbocycles. The topological polar surface area (TPSA) is 77.7 Å². The van der Waals surface area contributed by atoms with Crippen LogP contribution >= 0.6 is 11.6 Å². The molecule has 28 heavy (non-hydrogen) atoms. The summed E-state index contributed by atoms with van der Waals surface area (Å²) in [7, 11) is 3.15. The van der Waals surface area contributed by atoms with Crippen LogP contribution in [0.25, 0.3) is 11.4 Å². The second-order valence-electron chi connectivity index (χ2n) is 6.41. The molecular weight excluding hydrogens is 382 g/mol. The molecule has 1 saturated heterocycles. The molecule has 8 heteroatoms. The molecule has 0 radical (unpaired) electrons. The minimum atomic E-state index is -0.197. The van der Waals surface area contributed by atoms with Crippen molar-refractivity contribution in [2.75, 3.05) is 25.7 Å². The Morgan fingerprint density at radius 3 is 2.64 bits per heavy atom. The summed E-state index contributed by atoms with van der Waals surface area (Å²) in [5.74, 6) is 1.91. The van der Waals surface area contributed by atoms with E-state index in [1.807, 2.05) is 12.1 Å². The van der Waals surface area contributed by atoms with Crippen molar-refractivity contribution in [2.24, 2.45) is 0 Å². The number of ether oxygens (including phenoxy) is 2. The van der Waals surface area contributed by atoms with Crippen LogP contribution in [-0.2, 0) is 4.79 Å². The maximum atomic E-state index is 12.7. The standard InChI is InChI=1S/C20H18ClN3O4/c1-26-15-7-8-17(27-2)16(10-15)24-11-13(9-18(24)25)20-22-19(23-28-20)12-3-5-14(21)6-4-12/h3-8,10,13H,9,11H2,1-2H3. The minimum absolute atomic E-state index is 0.0391. The van der Waals surface area contributed by atoms with Crippen molar-refractivity contribution < 1.29 is 18.8 Å². The second-order valence-corrected chi connectivity index (χ2v) is 6.84. The van der Waals surface area contributed by atoms with Gasteiger partial charge in [0.25, 0.3) is 0 Å². The molecule has 0 aliphatic carbocycles. The van der Waals surface area contributed by atoms with Gasteiger partial charge in [-0.1, -0.05) is 16.8 Å². The van der Waals surface area contributed by atoms with E-state index in [-0.39, 0.29) is 18.2 Å². The Labute approximate surface area is 166 Å². The van der Waals surface area contributed by atoms with E-state index in [0.29, 0.717) is 40.5 Å². The Balaban J connectivity index is 1.58. The van der Waals surface area contributed by atoms with Crippen molar-refractivity contribution in [3.63, 3.8) is 0 Å². The van der Waals surface area contributed by atoms with E-state index in [4.69, 9.17) is 25.6 Å². The number of benzene rings is 2. The molecule has 1 unspecified atom stereocenters. The van der Waals surface area contributed by atoms with Crippen LogP contribution in [0.15, 0.2) is 47.0 Å². The van der Waals surface area contributed by atoms with Crippen molar-refractivity contribution >= 4 is 23.2 Å². The molecule has 3 aromatic rings. The molecule has 1 atom stereocenters. The molecule has 1 aromatic heterocycles. The van der Waals surface area contributed by atoms with Crippen LogP contribution < -0.4 is 14.4 Å². The molecular formula is C20H18ClN3O4. The molecule has 7 nitrogen and oxygen atoms in total. The number of carbonyl (C=O) groups is 1. The summed E-state index contributed by atoms with van der Waals surface area (Å²) in [4.78, 5) is 18.8. The van der Waals surface area contributed by atoms with Gasteiger partial charge in [0, 0.05) is 29.6 Å². The van der Waals surface area contributed by atoms with Crippen molar-refractivity contribution in [2.45, 2.75) is 12.3 Å². The summed E-state index contributed by atoms with van der Waals surface area (Å²) in [5, 5.41) is 4.68. The molecule has 0 bridgehead atoms. The van der Waals surface area contributed by atoms with Crippen LogP contribution in [0, 0.1) is 0 Å². The summed E-state index contributed by atoms with van der Waals surface area (Å²) in [6, 6.07) is 12.5. The third kappa shape index (κ3) is 3.41. The summed E-state index contributed by atoms with van der Waals surface area (Å²) in [6.45, 7) is 0.421. The first-order chi connectivity index (χ1) is 13.6. The molecule has 1 amide bonds. The average Bonchev–Trinajstić information content (AvgIpc) is 3.35. The Morgan fingerprint density at radius 2 is 1.93 bits per heavy atom. The zero-order valence-corrected chi connectivity index (χ0v) is 16.1. The molecule has 1 fully saturated rings. The fourth-order valence-corrected chi connectivity index (χ4v) is 3.36. The normalized spacial score (nSPS) is 16.5. The summed E-state index contributed by atoms with van der Waals surface area (Å²) >= 11 is 5.92. The quantitative estimate of drug-likeness (QED) is 0.647. The maximum absolute atomic E-state index is 12.7. The SMILES string of the molecule is COc1ccc(OC)c(N2CC(c3nc(-c4ccc(Cl)cc4)no3)CC2=O)c1. The maximum Gasteiger partial charge on any atom is 0.232 e. The Hall–Kier alpha value is -3.06. The van der Waals surface area contributed by atoms with E-state index in [1.54, 1.807) is 49.5 Å². The number of hydrogen-bond donors (Lipinski definition) is 0. The largest absolute Gasteiger partial charge is 0.497 e. The van der Waals surface area contributed by atoms with E-state index in [9.17, 15) is 4.79 Å². The molecule has 0 spiro atoms. The third-order valence-electron chi connectivity index (χ3n) is 4.70. The van der Waals surface area contributed by atoms with Crippen LogP contribution in [-0.4, -0.2) is 36.8 Å². The molecule has 144 valence electrons. The van der Waals surface area contributed by atoms with Gasteiger partial charge in [0.15, 0.2) is 0 Å². The van der Waals surface area contributed by atoms with Gasteiger partial charge in [-0.2, -0.15) is 4.98 Å². The lowest BCUT2D eigenvalue weighted by atomic mass is 10.1. The fraction of sp³-hybridized carbons (Fsp3) is 0.250. The summed E-state index contributed by atoms with van der Waals surface area (Å²) < 4.78 is 16.1. The first-order valence-electron chi connectivity index (χ1n) is 8.71. The Kier molecular flexibility index (Phi) is 4.92. The second kappa shape index (κ2) is 7.52. The molecule has 4 rings (SSSR count). The van der Waals surface area contributed by atoms with Crippen LogP contribution in [0.1, 0.15) is 18.2 Å². The van der Waals surface area contributed by atoms with Crippen LogP contribution in [0.3, 0.4) is 0 Å². The van der Waals surface area contributed by atoms with Crippen molar-refractivity contribution in [3.8, 4) is 22.9 Å². The number of aromatic nitrogens is 2. The highest BCUT2D eigenvalue weighted by molar-refractivity contribution is 6.30. The minimum Gasteiger partial charge on any atom is -0.497 e. The van der Waals surface area contributed by atoms with Crippen LogP contribution in [0.2, 0.25) is 5.02 Å². The molecule has 2 aromatic carbocycles. The van der Waals surface area contributed by atoms with E-state index in [2.05, 4.69) is 10.1 Å². The number of methoxy groups -OCH3 is 2. The lowest BCUT2D eigenvalue weighted by Crippen LogP contribution is -2.24. The van der Waals surface area contributed by atoms with Crippen LogP contribution in [0.5, 0.6) is 11.5 Å². The third-order valence-corrected chi connectivity index (χ3v) is 4.95. The van der Waals surface area contributed by atoms with E-state index >= 15 is 0 Å². The van der Waals surface area contributed by atoms with Crippen molar-refractivity contribution in [1.29, 1.82) is 0 Å². The molecule has 2 heterocycles. The number of carbonyl (C=O) groups excluding carboxylic acids is 1. The van der Waals surface area contributed by atoms with Gasteiger partial charge in [0.05, 0.1) is 25.8 Å². The zero-order chi connectivity index (χ0) is 19.7. The number of hydrogen-bond acceptors (Lipinski definition) is 6. The highest BCUT2D eigenvalue weighted by atomic mass is 35.5. The van der Waals surface area contributed by atoms with Gasteiger partial charge in [-0.15, -0.1) is 0 Å². The monoisotopic (exact) mass is 399 g/mol. The highest BCUT2D eigenvalue weighted by Gasteiger charge is 2.36. The van der Waals surface area contributed by atoms with Gasteiger partial charge in [-0.25, -0.2) is 0 Å². The highest BCUT2D eigenvalue weighted by Crippen LogP contribution is 2.38. The average molecular weight is 400 g/mol. The zero-order valence-electron chi connectivity index (χ0n) is 15.4. The van der Waals surface area contributed by atoms with E-state index < -0.39 is 0 Å². The Bertz CT molecular complexity index is 1000. The lowest BCUT2D eigenvalue weighted by molar-refractivity contribution is -0.117. The van der Waals surface area contributed by atoms with E-state index in [1.165, 1.54) is 0 Å². The van der Waals surface area contributed by atoms with Gasteiger partial charge in [0.1, 0.15) is 11.5 Å². The number of rotatable bonds is 5. The molecule has 1 aliphatic heterocycles. The van der Waals surface area contributed by atoms with Crippen molar-refractivity contribution in [3.05, 3.63) is 53.4 Å². The number of halogens is 1. The number of anilines is 1. The number of amides is 1. The predicted octanol–water partition coefficient (Wildman–Crippen LogP) is 3.93.